The van der Waals surface area contributed by atoms with E-state index in [2.05, 4.69) is 21.2 Å². The molecule has 10 heteroatoms. The molecular formula is C27H28BrClN4O3S. The van der Waals surface area contributed by atoms with Crippen molar-refractivity contribution >= 4 is 51.2 Å². The minimum absolute atomic E-state index is 0.0644. The van der Waals surface area contributed by atoms with Crippen LogP contribution in [0.2, 0.25) is 5.02 Å². The van der Waals surface area contributed by atoms with E-state index in [1.807, 2.05) is 49.4 Å². The molecule has 1 N–H and O–H groups in total. The van der Waals surface area contributed by atoms with E-state index in [1.165, 1.54) is 18.2 Å². The predicted octanol–water partition coefficient (Wildman–Crippen LogP) is 7.16. The number of hydrogen-bond donors (Lipinski definition) is 1. The maximum absolute atomic E-state index is 13.7. The number of fused-ring (bicyclic) bond motifs is 1. The molecule has 0 saturated heterocycles. The molecule has 0 amide bonds. The van der Waals surface area contributed by atoms with Crippen molar-refractivity contribution in [2.75, 3.05) is 12.4 Å². The van der Waals surface area contributed by atoms with Crippen LogP contribution in [0, 0.1) is 0 Å². The average Bonchev–Trinajstić information content (AvgIpc) is 3.30. The molecule has 0 radical (unpaired) electrons. The van der Waals surface area contributed by atoms with Crippen LogP contribution >= 0.6 is 39.3 Å². The molecule has 1 aliphatic heterocycles. The Bertz CT molecular complexity index is 1340. The quantitative estimate of drug-likeness (QED) is 0.227. The van der Waals surface area contributed by atoms with Crippen LogP contribution in [0.3, 0.4) is 0 Å². The van der Waals surface area contributed by atoms with Gasteiger partial charge in [-0.2, -0.15) is 4.98 Å². The summed E-state index contributed by atoms with van der Waals surface area (Å²) in [7, 11) is 1.62. The molecule has 1 saturated carbocycles. The third-order valence-electron chi connectivity index (χ3n) is 6.68. The van der Waals surface area contributed by atoms with E-state index in [9.17, 15) is 4.79 Å². The molecule has 1 atom stereocenters. The number of benzene rings is 2. The van der Waals surface area contributed by atoms with Gasteiger partial charge in [0.05, 0.1) is 12.7 Å². The van der Waals surface area contributed by atoms with Gasteiger partial charge in [-0.3, -0.25) is 0 Å². The van der Waals surface area contributed by atoms with Crippen molar-refractivity contribution < 1.29 is 14.3 Å². The minimum atomic E-state index is -0.568. The van der Waals surface area contributed by atoms with Crippen LogP contribution in [0.4, 0.5) is 5.95 Å². The van der Waals surface area contributed by atoms with Crippen molar-refractivity contribution in [3.05, 3.63) is 74.4 Å². The maximum atomic E-state index is 13.7. The van der Waals surface area contributed by atoms with E-state index < -0.39 is 6.04 Å². The van der Waals surface area contributed by atoms with Gasteiger partial charge in [0, 0.05) is 26.5 Å². The van der Waals surface area contributed by atoms with Gasteiger partial charge in [0.1, 0.15) is 17.9 Å². The van der Waals surface area contributed by atoms with E-state index in [4.69, 9.17) is 31.2 Å². The summed E-state index contributed by atoms with van der Waals surface area (Å²) < 4.78 is 14.4. The maximum Gasteiger partial charge on any atom is 0.338 e. The lowest BCUT2D eigenvalue weighted by molar-refractivity contribution is -0.146. The third kappa shape index (κ3) is 5.68. The molecule has 1 fully saturated rings. The Kier molecular flexibility index (Phi) is 8.12. The number of rotatable bonds is 7. The molecule has 3 aromatic rings. The van der Waals surface area contributed by atoms with Crippen molar-refractivity contribution in [3.63, 3.8) is 0 Å². The highest BCUT2D eigenvalue weighted by molar-refractivity contribution is 9.10. The summed E-state index contributed by atoms with van der Waals surface area (Å²) in [5, 5.41) is 9.40. The topological polar surface area (TPSA) is 78.3 Å². The predicted molar refractivity (Wildman–Crippen MR) is 149 cm³/mol. The summed E-state index contributed by atoms with van der Waals surface area (Å²) in [5.41, 5.74) is 2.99. The standard InChI is InChI=1S/C27H28BrClN4O3S/c1-16-23(25(34)36-19-9-4-3-5-10-19)24(20-14-18(28)12-13-22(20)35-2)33-26(30-16)31-27(32-33)37-15-17-8-6-7-11-21(17)29/h6-8,11-14,19,24H,3-5,9-10,15H2,1-2H3,(H,30,31,32). The molecule has 5 rings (SSSR count). The third-order valence-corrected chi connectivity index (χ3v) is 8.43. The lowest BCUT2D eigenvalue weighted by atomic mass is 9.94. The number of allylic oxidation sites excluding steroid dienone is 1. The Morgan fingerprint density at radius 3 is 2.76 bits per heavy atom. The first-order chi connectivity index (χ1) is 17.9. The largest absolute Gasteiger partial charge is 0.496 e. The monoisotopic (exact) mass is 602 g/mol. The fourth-order valence-corrected chi connectivity index (χ4v) is 6.31. The number of esters is 1. The Morgan fingerprint density at radius 1 is 1.22 bits per heavy atom. The number of hydrogen-bond acceptors (Lipinski definition) is 7. The molecule has 7 nitrogen and oxygen atoms in total. The van der Waals surface area contributed by atoms with Crippen LogP contribution in [-0.2, 0) is 15.3 Å². The number of aromatic nitrogens is 3. The van der Waals surface area contributed by atoms with Gasteiger partial charge in [0.2, 0.25) is 11.1 Å². The van der Waals surface area contributed by atoms with Crippen molar-refractivity contribution in [1.82, 2.24) is 14.8 Å². The van der Waals surface area contributed by atoms with Crippen LogP contribution in [0.5, 0.6) is 5.75 Å². The van der Waals surface area contributed by atoms with Gasteiger partial charge < -0.3 is 14.8 Å². The summed E-state index contributed by atoms with van der Waals surface area (Å²) in [6.07, 6.45) is 5.07. The van der Waals surface area contributed by atoms with E-state index in [-0.39, 0.29) is 12.1 Å². The molecule has 2 aromatic carbocycles. The highest BCUT2D eigenvalue weighted by Gasteiger charge is 2.38. The number of nitrogens with zero attached hydrogens (tertiary/aromatic N) is 3. The second-order valence-corrected chi connectivity index (χ2v) is 11.4. The van der Waals surface area contributed by atoms with Gasteiger partial charge in [0.15, 0.2) is 0 Å². The van der Waals surface area contributed by atoms with Crippen LogP contribution in [0.15, 0.2) is 63.4 Å². The molecule has 194 valence electrons. The first-order valence-electron chi connectivity index (χ1n) is 12.3. The summed E-state index contributed by atoms with van der Waals surface area (Å²) >= 11 is 11.4. The minimum Gasteiger partial charge on any atom is -0.496 e. The van der Waals surface area contributed by atoms with Crippen molar-refractivity contribution in [2.24, 2.45) is 0 Å². The zero-order valence-corrected chi connectivity index (χ0v) is 23.8. The number of anilines is 1. The number of carbonyl (C=O) groups excluding carboxylic acids is 1. The fourth-order valence-electron chi connectivity index (χ4n) is 4.82. The number of halogens is 2. The van der Waals surface area contributed by atoms with Gasteiger partial charge in [-0.05, 0) is 62.4 Å². The van der Waals surface area contributed by atoms with Crippen molar-refractivity contribution in [2.45, 2.75) is 62.1 Å². The van der Waals surface area contributed by atoms with Crippen LogP contribution in [-0.4, -0.2) is 33.9 Å². The summed E-state index contributed by atoms with van der Waals surface area (Å²) in [6.45, 7) is 1.88. The Hall–Kier alpha value is -2.49. The van der Waals surface area contributed by atoms with E-state index in [0.29, 0.717) is 38.9 Å². The smallest absolute Gasteiger partial charge is 0.338 e. The van der Waals surface area contributed by atoms with E-state index in [1.54, 1.807) is 11.8 Å². The normalized spacial score (nSPS) is 17.8. The van der Waals surface area contributed by atoms with Crippen LogP contribution in [0.25, 0.3) is 0 Å². The highest BCUT2D eigenvalue weighted by Crippen LogP contribution is 2.42. The molecule has 37 heavy (non-hydrogen) atoms. The second-order valence-electron chi connectivity index (χ2n) is 9.16. The van der Waals surface area contributed by atoms with Gasteiger partial charge in [-0.15, -0.1) is 5.10 Å². The number of thioether (sulfide) groups is 1. The molecule has 0 spiro atoms. The Balaban J connectivity index is 1.51. The first-order valence-corrected chi connectivity index (χ1v) is 14.4. The number of ether oxygens (including phenoxy) is 2. The SMILES string of the molecule is COc1ccc(Br)cc1C1C(C(=O)OC2CCCCC2)=C(C)Nc2nc(SCc3ccccc3Cl)nn21. The molecule has 2 aliphatic rings. The van der Waals surface area contributed by atoms with Crippen LogP contribution < -0.4 is 10.1 Å². The molecular weight excluding hydrogens is 576 g/mol. The first kappa shape index (κ1) is 26.1. The lowest BCUT2D eigenvalue weighted by Crippen LogP contribution is -2.32. The fraction of sp³-hybridized carbons (Fsp3) is 0.370. The molecule has 1 aliphatic carbocycles. The summed E-state index contributed by atoms with van der Waals surface area (Å²) in [5.74, 6) is 1.49. The number of methoxy groups -OCH3 is 1. The van der Waals surface area contributed by atoms with Crippen molar-refractivity contribution in [1.29, 1.82) is 0 Å². The summed E-state index contributed by atoms with van der Waals surface area (Å²) in [6, 6.07) is 12.9. The van der Waals surface area contributed by atoms with Gasteiger partial charge in [-0.25, -0.2) is 9.48 Å². The molecule has 1 unspecified atom stereocenters. The molecule has 2 heterocycles. The van der Waals surface area contributed by atoms with Gasteiger partial charge >= 0.3 is 5.97 Å². The average molecular weight is 604 g/mol. The molecule has 0 bridgehead atoms. The summed E-state index contributed by atoms with van der Waals surface area (Å²) in [4.78, 5) is 18.4. The van der Waals surface area contributed by atoms with Gasteiger partial charge in [0.25, 0.3) is 0 Å². The highest BCUT2D eigenvalue weighted by atomic mass is 79.9. The Morgan fingerprint density at radius 2 is 2.00 bits per heavy atom. The zero-order valence-electron chi connectivity index (χ0n) is 20.7. The van der Waals surface area contributed by atoms with Crippen LogP contribution in [0.1, 0.15) is 56.2 Å². The second kappa shape index (κ2) is 11.5. The number of nitrogens with one attached hydrogen (secondary N) is 1. The van der Waals surface area contributed by atoms with E-state index >= 15 is 0 Å². The lowest BCUT2D eigenvalue weighted by Gasteiger charge is -2.30. The number of carbonyl (C=O) groups is 1. The molecule has 1 aromatic heterocycles. The van der Waals surface area contributed by atoms with E-state index in [0.717, 1.165) is 41.3 Å². The zero-order chi connectivity index (χ0) is 25.9. The van der Waals surface area contributed by atoms with Crippen molar-refractivity contribution in [3.8, 4) is 5.75 Å². The Labute approximate surface area is 234 Å². The van der Waals surface area contributed by atoms with Gasteiger partial charge in [-0.1, -0.05) is 63.9 Å².